The number of carbonyl (C=O) groups excluding carboxylic acids is 7. The summed E-state index contributed by atoms with van der Waals surface area (Å²) in [5, 5.41) is 13.0. The fourth-order valence-corrected chi connectivity index (χ4v) is 6.09. The maximum atomic E-state index is 14.1. The first-order chi connectivity index (χ1) is 28.7. The monoisotopic (exact) mass is 830 g/mol. The summed E-state index contributed by atoms with van der Waals surface area (Å²) in [6, 6.07) is 20.7. The van der Waals surface area contributed by atoms with E-state index in [-0.39, 0.29) is 50.5 Å². The summed E-state index contributed by atoms with van der Waals surface area (Å²) >= 11 is 0. The van der Waals surface area contributed by atoms with Crippen molar-refractivity contribution in [2.45, 2.75) is 83.8 Å². The lowest BCUT2D eigenvalue weighted by Gasteiger charge is -2.28. The molecular formula is C42H54N8O10. The minimum Gasteiger partial charge on any atom is -0.489 e. The molecule has 1 saturated heterocycles. The van der Waals surface area contributed by atoms with E-state index in [1.807, 2.05) is 29.7 Å². The molecule has 0 spiro atoms. The highest BCUT2D eigenvalue weighted by atomic mass is 16.6. The molecule has 1 aliphatic rings. The number of anilines is 1. The number of para-hydroxylation sites is 1. The first kappa shape index (κ1) is 46.0. The first-order valence-corrected chi connectivity index (χ1v) is 19.6. The molecule has 0 aromatic heterocycles. The lowest BCUT2D eigenvalue weighted by Crippen LogP contribution is -2.52. The van der Waals surface area contributed by atoms with Crippen molar-refractivity contribution in [2.75, 3.05) is 31.5 Å². The van der Waals surface area contributed by atoms with Crippen LogP contribution in [0.5, 0.6) is 5.75 Å². The number of amides is 7. The molecule has 7 amide bonds. The van der Waals surface area contributed by atoms with Crippen LogP contribution >= 0.6 is 0 Å². The molecule has 322 valence electrons. The number of hydrogen-bond acceptors (Lipinski definition) is 11. The second-order valence-corrected chi connectivity index (χ2v) is 14.9. The van der Waals surface area contributed by atoms with Gasteiger partial charge in [0.2, 0.25) is 17.7 Å². The average Bonchev–Trinajstić information content (AvgIpc) is 3.73. The van der Waals surface area contributed by atoms with Crippen molar-refractivity contribution in [1.29, 1.82) is 0 Å². The molecule has 2 atom stereocenters. The summed E-state index contributed by atoms with van der Waals surface area (Å²) in [7, 11) is 0. The van der Waals surface area contributed by atoms with Gasteiger partial charge in [-0.1, -0.05) is 54.6 Å². The number of hydrogen-bond donors (Lipinski definition) is 7. The van der Waals surface area contributed by atoms with Gasteiger partial charge in [0.1, 0.15) is 36.6 Å². The lowest BCUT2D eigenvalue weighted by molar-refractivity contribution is -0.138. The average molecular weight is 831 g/mol. The van der Waals surface area contributed by atoms with Crippen molar-refractivity contribution in [2.24, 2.45) is 5.84 Å². The van der Waals surface area contributed by atoms with Crippen LogP contribution in [0.1, 0.15) is 74.4 Å². The number of carbonyl (C=O) groups is 7. The summed E-state index contributed by atoms with van der Waals surface area (Å²) in [5.74, 6) is 2.70. The normalized spacial score (nSPS) is 13.9. The van der Waals surface area contributed by atoms with Crippen LogP contribution in [0.3, 0.4) is 0 Å². The molecule has 60 heavy (non-hydrogen) atoms. The Morgan fingerprint density at radius 3 is 2.22 bits per heavy atom. The Kier molecular flexibility index (Phi) is 17.7. The molecule has 3 aromatic carbocycles. The van der Waals surface area contributed by atoms with E-state index in [1.165, 1.54) is 11.0 Å². The smallest absolute Gasteiger partial charge is 0.408 e. The zero-order valence-corrected chi connectivity index (χ0v) is 34.0. The molecule has 0 bridgehead atoms. The fourth-order valence-electron chi connectivity index (χ4n) is 6.09. The van der Waals surface area contributed by atoms with Gasteiger partial charge in [0, 0.05) is 29.9 Å². The third kappa shape index (κ3) is 15.6. The summed E-state index contributed by atoms with van der Waals surface area (Å²) in [4.78, 5) is 91.6. The summed E-state index contributed by atoms with van der Waals surface area (Å²) < 4.78 is 16.6. The minimum atomic E-state index is -1.04. The Bertz CT molecular complexity index is 1940. The van der Waals surface area contributed by atoms with Crippen LogP contribution in [0.25, 0.3) is 0 Å². The van der Waals surface area contributed by atoms with Gasteiger partial charge in [-0.3, -0.25) is 29.4 Å². The van der Waals surface area contributed by atoms with Crippen molar-refractivity contribution >= 4 is 47.4 Å². The standard InChI is InChI=1S/C42H54N8O10/c1-42(2,3)60-40(56)44-21-11-10-17-33(48-41(57)59-26-28-13-6-4-7-14-28)39(55)50-22-12-18-34(50)38(54)47-30-20-19-29(27-58-31-15-8-5-9-16-31)32(23-30)37(53)46-24-35(51)45-25-36(52)49-43/h4-9,13-16,19-20,23,33-34H,10-12,17-18,21-22,24-27,43H2,1-3H3,(H,44,56)(H,45,51)(H,46,53)(H,47,54)(H,48,57)(H,49,52)/t33-,34-/m0/s1. The van der Waals surface area contributed by atoms with Crippen LogP contribution in [-0.2, 0) is 41.9 Å². The third-order valence-corrected chi connectivity index (χ3v) is 9.01. The number of likely N-dealkylation sites (tertiary alicyclic amines) is 1. The van der Waals surface area contributed by atoms with E-state index in [1.54, 1.807) is 69.3 Å². The van der Waals surface area contributed by atoms with E-state index < -0.39 is 66.0 Å². The number of unbranched alkanes of at least 4 members (excludes halogenated alkanes) is 1. The molecule has 0 saturated carbocycles. The topological polar surface area (TPSA) is 249 Å². The van der Waals surface area contributed by atoms with Gasteiger partial charge in [-0.25, -0.2) is 15.4 Å². The lowest BCUT2D eigenvalue weighted by atomic mass is 10.1. The zero-order chi connectivity index (χ0) is 43.5. The molecule has 1 aliphatic heterocycles. The minimum absolute atomic E-state index is 0.0139. The molecule has 18 nitrogen and oxygen atoms in total. The Hall–Kier alpha value is -6.69. The van der Waals surface area contributed by atoms with Gasteiger partial charge in [-0.15, -0.1) is 0 Å². The molecule has 1 heterocycles. The van der Waals surface area contributed by atoms with Gasteiger partial charge < -0.3 is 45.7 Å². The molecule has 4 rings (SSSR count). The van der Waals surface area contributed by atoms with E-state index in [4.69, 9.17) is 20.1 Å². The van der Waals surface area contributed by atoms with Crippen molar-refractivity contribution < 1.29 is 47.8 Å². The van der Waals surface area contributed by atoms with Gasteiger partial charge in [0.05, 0.1) is 13.1 Å². The first-order valence-electron chi connectivity index (χ1n) is 19.6. The summed E-state index contributed by atoms with van der Waals surface area (Å²) in [6.45, 7) is 4.94. The number of hydrazine groups is 1. The highest BCUT2D eigenvalue weighted by Crippen LogP contribution is 2.24. The van der Waals surface area contributed by atoms with Gasteiger partial charge >= 0.3 is 12.2 Å². The van der Waals surface area contributed by atoms with Crippen LogP contribution in [0.4, 0.5) is 15.3 Å². The molecule has 1 fully saturated rings. The van der Waals surface area contributed by atoms with Crippen molar-refractivity contribution in [3.63, 3.8) is 0 Å². The molecule has 0 aliphatic carbocycles. The number of benzene rings is 3. The van der Waals surface area contributed by atoms with Gasteiger partial charge in [0.25, 0.3) is 11.8 Å². The Morgan fingerprint density at radius 1 is 0.817 bits per heavy atom. The maximum Gasteiger partial charge on any atom is 0.408 e. The molecule has 0 radical (unpaired) electrons. The molecule has 0 unspecified atom stereocenters. The number of nitrogens with zero attached hydrogens (tertiary/aromatic N) is 1. The van der Waals surface area contributed by atoms with Crippen LogP contribution in [0.2, 0.25) is 0 Å². The number of nitrogens with two attached hydrogens (primary N) is 1. The Balaban J connectivity index is 1.45. The highest BCUT2D eigenvalue weighted by Gasteiger charge is 2.38. The predicted octanol–water partition coefficient (Wildman–Crippen LogP) is 3.02. The zero-order valence-electron chi connectivity index (χ0n) is 34.0. The van der Waals surface area contributed by atoms with E-state index in [0.717, 1.165) is 5.56 Å². The molecular weight excluding hydrogens is 777 g/mol. The highest BCUT2D eigenvalue weighted by molar-refractivity contribution is 6.02. The van der Waals surface area contributed by atoms with Crippen molar-refractivity contribution in [3.05, 3.63) is 95.6 Å². The van der Waals surface area contributed by atoms with Crippen molar-refractivity contribution in [3.8, 4) is 5.75 Å². The molecule has 18 heteroatoms. The van der Waals surface area contributed by atoms with Crippen LogP contribution in [-0.4, -0.2) is 90.5 Å². The van der Waals surface area contributed by atoms with Crippen LogP contribution < -0.4 is 42.6 Å². The summed E-state index contributed by atoms with van der Waals surface area (Å²) in [5.41, 5.74) is 2.79. The van der Waals surface area contributed by atoms with Gasteiger partial charge in [-0.05, 0) is 82.7 Å². The van der Waals surface area contributed by atoms with Crippen LogP contribution in [0, 0.1) is 0 Å². The van der Waals surface area contributed by atoms with E-state index in [2.05, 4.69) is 26.6 Å². The number of nitrogens with one attached hydrogen (secondary N) is 6. The Morgan fingerprint density at radius 2 is 1.52 bits per heavy atom. The van der Waals surface area contributed by atoms with Crippen molar-refractivity contribution in [1.82, 2.24) is 31.6 Å². The SMILES string of the molecule is CC(C)(C)OC(=O)NCCCC[C@H](NC(=O)OCc1ccccc1)C(=O)N1CCC[C@H]1C(=O)Nc1ccc(COc2ccccc2)c(C(=O)NCC(=O)NCC(=O)NN)c1. The van der Waals surface area contributed by atoms with Gasteiger partial charge in [-0.2, -0.15) is 0 Å². The van der Waals surface area contributed by atoms with E-state index in [9.17, 15) is 33.6 Å². The Labute approximate surface area is 348 Å². The maximum absolute atomic E-state index is 14.1. The number of ether oxygens (including phenoxy) is 3. The second kappa shape index (κ2) is 23.0. The molecule has 8 N–H and O–H groups in total. The summed E-state index contributed by atoms with van der Waals surface area (Å²) in [6.07, 6.45) is 0.611. The number of rotatable bonds is 19. The third-order valence-electron chi connectivity index (χ3n) is 9.01. The fraction of sp³-hybridized carbons (Fsp3) is 0.405. The second-order valence-electron chi connectivity index (χ2n) is 14.9. The molecule has 3 aromatic rings. The van der Waals surface area contributed by atoms with E-state index >= 15 is 0 Å². The largest absolute Gasteiger partial charge is 0.489 e. The number of alkyl carbamates (subject to hydrolysis) is 2. The predicted molar refractivity (Wildman–Crippen MR) is 220 cm³/mol. The van der Waals surface area contributed by atoms with Gasteiger partial charge in [0.15, 0.2) is 0 Å². The van der Waals surface area contributed by atoms with Crippen LogP contribution in [0.15, 0.2) is 78.9 Å². The quantitative estimate of drug-likeness (QED) is 0.0401. The van der Waals surface area contributed by atoms with E-state index in [0.29, 0.717) is 37.0 Å².